The summed E-state index contributed by atoms with van der Waals surface area (Å²) in [5.74, 6) is 0.813. The molecule has 7 heteroatoms. The Morgan fingerprint density at radius 3 is 2.71 bits per heavy atom. The molecule has 2 aromatic carbocycles. The summed E-state index contributed by atoms with van der Waals surface area (Å²) in [6.07, 6.45) is 0. The molecule has 2 heterocycles. The summed E-state index contributed by atoms with van der Waals surface area (Å²) in [5, 5.41) is 0. The average Bonchev–Trinajstić information content (AvgIpc) is 3.08. The molecule has 0 spiro atoms. The monoisotopic (exact) mass is 417 g/mol. The van der Waals surface area contributed by atoms with Gasteiger partial charge in [0.15, 0.2) is 0 Å². The van der Waals surface area contributed by atoms with E-state index < -0.39 is 0 Å². The highest BCUT2D eigenvalue weighted by Gasteiger charge is 2.19. The van der Waals surface area contributed by atoms with Gasteiger partial charge in [0.2, 0.25) is 0 Å². The Balaban J connectivity index is 1.63. The van der Waals surface area contributed by atoms with Crippen LogP contribution in [0.1, 0.15) is 34.2 Å². The van der Waals surface area contributed by atoms with Crippen molar-refractivity contribution in [1.29, 1.82) is 0 Å². The minimum absolute atomic E-state index is 0.328. The number of hydrogen-bond donors (Lipinski definition) is 2. The third-order valence-corrected chi connectivity index (χ3v) is 4.97. The minimum Gasteiger partial charge on any atom is -0.487 e. The van der Waals surface area contributed by atoms with Gasteiger partial charge in [-0.25, -0.2) is 14.3 Å². The molecule has 3 N–H and O–H groups in total. The van der Waals surface area contributed by atoms with Crippen molar-refractivity contribution < 1.29 is 18.8 Å². The first kappa shape index (κ1) is 20.4. The van der Waals surface area contributed by atoms with E-state index in [9.17, 15) is 4.79 Å². The van der Waals surface area contributed by atoms with E-state index in [-0.39, 0.29) is 5.97 Å². The summed E-state index contributed by atoms with van der Waals surface area (Å²) in [4.78, 5) is 19.9. The van der Waals surface area contributed by atoms with Crippen LogP contribution in [-0.2, 0) is 17.9 Å². The van der Waals surface area contributed by atoms with E-state index in [0.29, 0.717) is 37.0 Å². The van der Waals surface area contributed by atoms with Crippen LogP contribution < -0.4 is 15.0 Å². The molecular weight excluding hydrogens is 392 g/mol. The van der Waals surface area contributed by atoms with E-state index in [2.05, 4.69) is 9.97 Å². The number of aromatic amines is 1. The van der Waals surface area contributed by atoms with Gasteiger partial charge >= 0.3 is 11.9 Å². The summed E-state index contributed by atoms with van der Waals surface area (Å²) in [6.45, 7) is 4.93. The van der Waals surface area contributed by atoms with Crippen molar-refractivity contribution in [3.05, 3.63) is 83.2 Å². The first-order valence-electron chi connectivity index (χ1n) is 10.2. The lowest BCUT2D eigenvalue weighted by molar-refractivity contribution is -0.648. The topological polar surface area (TPSA) is 94.1 Å². The maximum atomic E-state index is 12.0. The highest BCUT2D eigenvalue weighted by molar-refractivity contribution is 5.93. The molecule has 2 aromatic heterocycles. The van der Waals surface area contributed by atoms with Crippen LogP contribution in [0.4, 0.5) is 5.95 Å². The van der Waals surface area contributed by atoms with Crippen LogP contribution in [0.5, 0.6) is 5.75 Å². The molecule has 0 bridgehead atoms. The number of nitrogens with two attached hydrogens (primary N) is 1. The lowest BCUT2D eigenvalue weighted by atomic mass is 10.2. The maximum absolute atomic E-state index is 12.0. The number of imidazole rings is 1. The lowest BCUT2D eigenvalue weighted by Crippen LogP contribution is -2.37. The third kappa shape index (κ3) is 4.50. The predicted molar refractivity (Wildman–Crippen MR) is 118 cm³/mol. The Kier molecular flexibility index (Phi) is 5.84. The molecular formula is C24H25N4O3+. The Bertz CT molecular complexity index is 1220. The molecule has 0 amide bonds. The Hall–Kier alpha value is -3.87. The highest BCUT2D eigenvalue weighted by Crippen LogP contribution is 2.21. The van der Waals surface area contributed by atoms with Gasteiger partial charge in [0.25, 0.3) is 0 Å². The van der Waals surface area contributed by atoms with Crippen LogP contribution in [-0.4, -0.2) is 22.5 Å². The van der Waals surface area contributed by atoms with Gasteiger partial charge in [-0.05, 0) is 49.7 Å². The number of ether oxygens (including phenoxy) is 2. The molecule has 4 aromatic rings. The molecule has 0 saturated carbocycles. The van der Waals surface area contributed by atoms with Crippen molar-refractivity contribution in [3.63, 3.8) is 0 Å². The first-order chi connectivity index (χ1) is 15.0. The Morgan fingerprint density at radius 1 is 1.13 bits per heavy atom. The molecule has 0 saturated heterocycles. The second-order valence-corrected chi connectivity index (χ2v) is 7.22. The van der Waals surface area contributed by atoms with E-state index in [4.69, 9.17) is 15.2 Å². The van der Waals surface area contributed by atoms with Crippen molar-refractivity contribution in [3.8, 4) is 5.75 Å². The average molecular weight is 417 g/mol. The number of rotatable bonds is 7. The largest absolute Gasteiger partial charge is 0.487 e. The quantitative estimate of drug-likeness (QED) is 0.354. The number of nitrogens with one attached hydrogen (secondary N) is 1. The molecule has 0 aliphatic heterocycles. The number of esters is 1. The zero-order valence-electron chi connectivity index (χ0n) is 17.6. The van der Waals surface area contributed by atoms with Crippen LogP contribution in [0.25, 0.3) is 11.0 Å². The van der Waals surface area contributed by atoms with Gasteiger partial charge < -0.3 is 9.47 Å². The van der Waals surface area contributed by atoms with Crippen molar-refractivity contribution in [2.45, 2.75) is 27.0 Å². The van der Waals surface area contributed by atoms with Crippen LogP contribution in [0.15, 0.2) is 60.7 Å². The molecule has 4 rings (SSSR count). The summed E-state index contributed by atoms with van der Waals surface area (Å²) < 4.78 is 13.1. The zero-order chi connectivity index (χ0) is 21.8. The highest BCUT2D eigenvalue weighted by atomic mass is 16.5. The molecule has 31 heavy (non-hydrogen) atoms. The van der Waals surface area contributed by atoms with Crippen molar-refractivity contribution >= 4 is 23.0 Å². The third-order valence-electron chi connectivity index (χ3n) is 4.97. The number of H-pyrrole nitrogens is 1. The fourth-order valence-corrected chi connectivity index (χ4v) is 3.45. The molecule has 0 fully saturated rings. The Labute approximate surface area is 180 Å². The number of pyridine rings is 1. The fraction of sp³-hybridized carbons (Fsp3) is 0.208. The minimum atomic E-state index is -0.360. The normalized spacial score (nSPS) is 10.9. The summed E-state index contributed by atoms with van der Waals surface area (Å²) in [7, 11) is 0. The molecule has 0 aliphatic rings. The Morgan fingerprint density at radius 2 is 1.94 bits per heavy atom. The van der Waals surface area contributed by atoms with Crippen LogP contribution in [0, 0.1) is 6.92 Å². The number of fused-ring (bicyclic) bond motifs is 1. The van der Waals surface area contributed by atoms with Gasteiger partial charge in [0.1, 0.15) is 35.6 Å². The number of carbonyl (C=O) groups excluding carboxylic acids is 1. The van der Waals surface area contributed by atoms with Crippen LogP contribution in [0.3, 0.4) is 0 Å². The van der Waals surface area contributed by atoms with E-state index in [1.54, 1.807) is 19.1 Å². The molecule has 0 unspecified atom stereocenters. The van der Waals surface area contributed by atoms with Gasteiger partial charge in [-0.15, -0.1) is 0 Å². The number of anilines is 1. The van der Waals surface area contributed by atoms with Crippen molar-refractivity contribution in [2.24, 2.45) is 0 Å². The van der Waals surface area contributed by atoms with Crippen molar-refractivity contribution in [1.82, 2.24) is 9.97 Å². The van der Waals surface area contributed by atoms with Gasteiger partial charge in [0, 0.05) is 5.69 Å². The first-order valence-corrected chi connectivity index (χ1v) is 10.2. The molecule has 158 valence electrons. The van der Waals surface area contributed by atoms with Crippen LogP contribution in [0.2, 0.25) is 0 Å². The zero-order valence-corrected chi connectivity index (χ0v) is 17.6. The van der Waals surface area contributed by atoms with Crippen LogP contribution >= 0.6 is 0 Å². The summed E-state index contributed by atoms with van der Waals surface area (Å²) in [6, 6.07) is 19.2. The van der Waals surface area contributed by atoms with Gasteiger partial charge in [-0.1, -0.05) is 30.3 Å². The van der Waals surface area contributed by atoms with E-state index in [1.807, 2.05) is 60.0 Å². The lowest BCUT2D eigenvalue weighted by Gasteiger charge is -2.11. The number of aryl methyl sites for hydroxylation is 1. The molecule has 0 aliphatic carbocycles. The van der Waals surface area contributed by atoms with Gasteiger partial charge in [-0.3, -0.25) is 10.7 Å². The fourth-order valence-electron chi connectivity index (χ4n) is 3.45. The summed E-state index contributed by atoms with van der Waals surface area (Å²) >= 11 is 0. The van der Waals surface area contributed by atoms with E-state index in [1.165, 1.54) is 0 Å². The number of nitrogen functional groups attached to an aromatic ring is 1. The predicted octanol–water partition coefficient (Wildman–Crippen LogP) is 3.55. The second-order valence-electron chi connectivity index (χ2n) is 7.22. The standard InChI is InChI=1S/C24H24N4O3/c1-3-30-23(29)18-10-11-21-19(13-18)27-24(25)28(21)14-20-22(12-9-16(2)26-20)31-15-17-7-5-4-6-8-17/h4-13H,3,14-15H2,1-2H3,(H2,25,27)/p+1. The van der Waals surface area contributed by atoms with E-state index in [0.717, 1.165) is 28.0 Å². The molecule has 7 nitrogen and oxygen atoms in total. The van der Waals surface area contributed by atoms with E-state index >= 15 is 0 Å². The molecule has 0 radical (unpaired) electrons. The number of carbonyl (C=O) groups is 1. The van der Waals surface area contributed by atoms with Gasteiger partial charge in [0.05, 0.1) is 12.2 Å². The SMILES string of the molecule is CCOC(=O)c1ccc2c(c1)[nH]c(N)[n+]2Cc1nc(C)ccc1OCc1ccccc1. The summed E-state index contributed by atoms with van der Waals surface area (Å²) in [5.41, 5.74) is 11.1. The number of hydrogen-bond acceptors (Lipinski definition) is 5. The smallest absolute Gasteiger partial charge is 0.353 e. The molecule has 0 atom stereocenters. The second kappa shape index (κ2) is 8.87. The van der Waals surface area contributed by atoms with Crippen molar-refractivity contribution in [2.75, 3.05) is 12.3 Å². The maximum Gasteiger partial charge on any atom is 0.353 e. The van der Waals surface area contributed by atoms with Gasteiger partial charge in [-0.2, -0.15) is 0 Å². The number of nitrogens with zero attached hydrogens (tertiary/aromatic N) is 2. The number of aromatic nitrogens is 3. The number of benzene rings is 2.